The van der Waals surface area contributed by atoms with E-state index in [9.17, 15) is 31.1 Å². The summed E-state index contributed by atoms with van der Waals surface area (Å²) in [5.41, 5.74) is -1.95. The number of carbonyl (C=O) groups is 1. The fourth-order valence-corrected chi connectivity index (χ4v) is 3.75. The smallest absolute Gasteiger partial charge is 0.345 e. The average Bonchev–Trinajstić information content (AvgIpc) is 3.39. The third kappa shape index (κ3) is 4.61. The van der Waals surface area contributed by atoms with Crippen molar-refractivity contribution in [1.29, 1.82) is 0 Å². The molecule has 0 unspecified atom stereocenters. The quantitative estimate of drug-likeness (QED) is 0.333. The van der Waals surface area contributed by atoms with Crippen LogP contribution in [0.15, 0.2) is 47.1 Å². The number of aromatic nitrogens is 5. The highest BCUT2D eigenvalue weighted by Gasteiger charge is 2.60. The minimum absolute atomic E-state index is 0.0129. The molecule has 184 valence electrons. The van der Waals surface area contributed by atoms with E-state index < -0.39 is 40.9 Å². The summed E-state index contributed by atoms with van der Waals surface area (Å²) in [6, 6.07) is 5.89. The number of rotatable bonds is 6. The van der Waals surface area contributed by atoms with Crippen molar-refractivity contribution in [2.24, 2.45) is 0 Å². The molecular weight excluding hydrogens is 546 g/mol. The number of hydrogen-bond donors (Lipinski definition) is 1. The van der Waals surface area contributed by atoms with Crippen LogP contribution in [0.5, 0.6) is 0 Å². The molecule has 0 bridgehead atoms. The van der Waals surface area contributed by atoms with Crippen LogP contribution in [0.3, 0.4) is 0 Å². The van der Waals surface area contributed by atoms with Gasteiger partial charge in [0, 0.05) is 18.2 Å². The zero-order valence-corrected chi connectivity index (χ0v) is 19.3. The molecule has 0 aliphatic carbocycles. The summed E-state index contributed by atoms with van der Waals surface area (Å²) in [5.74, 6) is -6.77. The fraction of sp³-hybridized carbons (Fsp3) is 0.238. The van der Waals surface area contributed by atoms with E-state index in [1.807, 2.05) is 6.92 Å². The molecule has 0 saturated heterocycles. The summed E-state index contributed by atoms with van der Waals surface area (Å²) in [6.45, 7) is 2.33. The molecular formula is C21H15BrF6N6O. The van der Waals surface area contributed by atoms with E-state index >= 15 is 0 Å². The molecule has 0 aliphatic heterocycles. The lowest BCUT2D eigenvalue weighted by atomic mass is 10.1. The van der Waals surface area contributed by atoms with Crippen LogP contribution >= 0.6 is 15.9 Å². The standard InChI is InChI=1S/C21H15BrF6N6O/c1-2-33-16(13(22)9-30-33)10-29-19(35)15-8-18-31-14(11-3-5-12(23)6-4-11)7-17(34(18)32-15)20(24,25)21(26,27)28/h3-9H,2,10H2,1H3,(H,29,35). The minimum Gasteiger partial charge on any atom is -0.345 e. The summed E-state index contributed by atoms with van der Waals surface area (Å²) >= 11 is 3.30. The maximum Gasteiger partial charge on any atom is 0.459 e. The van der Waals surface area contributed by atoms with E-state index in [2.05, 4.69) is 36.4 Å². The van der Waals surface area contributed by atoms with Crippen molar-refractivity contribution in [3.05, 3.63) is 70.0 Å². The second-order valence-electron chi connectivity index (χ2n) is 7.34. The van der Waals surface area contributed by atoms with Crippen LogP contribution in [0.2, 0.25) is 0 Å². The lowest BCUT2D eigenvalue weighted by molar-refractivity contribution is -0.291. The number of hydrogen-bond acceptors (Lipinski definition) is 4. The minimum atomic E-state index is -5.94. The van der Waals surface area contributed by atoms with Gasteiger partial charge in [-0.3, -0.25) is 9.48 Å². The van der Waals surface area contributed by atoms with E-state index in [0.29, 0.717) is 22.8 Å². The largest absolute Gasteiger partial charge is 0.459 e. The lowest BCUT2D eigenvalue weighted by Crippen LogP contribution is -2.36. The van der Waals surface area contributed by atoms with Crippen LogP contribution in [0.1, 0.15) is 28.8 Å². The van der Waals surface area contributed by atoms with Gasteiger partial charge in [0.1, 0.15) is 11.5 Å². The summed E-state index contributed by atoms with van der Waals surface area (Å²) in [7, 11) is 0. The molecule has 14 heteroatoms. The summed E-state index contributed by atoms with van der Waals surface area (Å²) in [5, 5.41) is 10.3. The van der Waals surface area contributed by atoms with Gasteiger partial charge < -0.3 is 5.32 Å². The van der Waals surface area contributed by atoms with E-state index in [1.54, 1.807) is 4.68 Å². The number of fused-ring (bicyclic) bond motifs is 1. The van der Waals surface area contributed by atoms with E-state index in [4.69, 9.17) is 0 Å². The molecule has 4 aromatic rings. The number of nitrogens with zero attached hydrogens (tertiary/aromatic N) is 5. The van der Waals surface area contributed by atoms with Crippen LogP contribution in [0.4, 0.5) is 26.3 Å². The highest BCUT2D eigenvalue weighted by atomic mass is 79.9. The molecule has 0 aliphatic rings. The van der Waals surface area contributed by atoms with Gasteiger partial charge in [0.25, 0.3) is 5.91 Å². The van der Waals surface area contributed by atoms with Gasteiger partial charge in [0.05, 0.1) is 28.6 Å². The van der Waals surface area contributed by atoms with Gasteiger partial charge in [-0.2, -0.15) is 32.1 Å². The van der Waals surface area contributed by atoms with E-state index in [-0.39, 0.29) is 22.3 Å². The molecule has 4 rings (SSSR count). The van der Waals surface area contributed by atoms with Crippen LogP contribution in [0.25, 0.3) is 16.9 Å². The predicted molar refractivity (Wildman–Crippen MR) is 115 cm³/mol. The second-order valence-corrected chi connectivity index (χ2v) is 8.20. The SMILES string of the molecule is CCn1ncc(Br)c1CNC(=O)c1cc2nc(-c3ccc(F)cc3)cc(C(F)(F)C(F)(F)F)n2n1. The zero-order valence-electron chi connectivity index (χ0n) is 17.7. The Bertz CT molecular complexity index is 1400. The highest BCUT2D eigenvalue weighted by molar-refractivity contribution is 9.10. The third-order valence-electron chi connectivity index (χ3n) is 5.09. The number of benzene rings is 1. The van der Waals surface area contributed by atoms with Crippen molar-refractivity contribution in [2.75, 3.05) is 0 Å². The summed E-state index contributed by atoms with van der Waals surface area (Å²) in [4.78, 5) is 16.7. The summed E-state index contributed by atoms with van der Waals surface area (Å²) < 4.78 is 84.3. The number of alkyl halides is 5. The van der Waals surface area contributed by atoms with Gasteiger partial charge in [-0.1, -0.05) is 0 Å². The van der Waals surface area contributed by atoms with E-state index in [1.165, 1.54) is 18.3 Å². The van der Waals surface area contributed by atoms with Gasteiger partial charge in [0.2, 0.25) is 0 Å². The molecule has 0 spiro atoms. The lowest BCUT2D eigenvalue weighted by Gasteiger charge is -2.21. The van der Waals surface area contributed by atoms with Crippen LogP contribution in [0, 0.1) is 5.82 Å². The number of aryl methyl sites for hydroxylation is 1. The molecule has 1 amide bonds. The van der Waals surface area contributed by atoms with Gasteiger partial charge in [-0.15, -0.1) is 0 Å². The monoisotopic (exact) mass is 560 g/mol. The maximum absolute atomic E-state index is 14.4. The Morgan fingerprint density at radius 2 is 1.80 bits per heavy atom. The molecule has 0 atom stereocenters. The molecule has 3 heterocycles. The van der Waals surface area contributed by atoms with Crippen LogP contribution in [-0.2, 0) is 19.0 Å². The van der Waals surface area contributed by atoms with Crippen molar-refractivity contribution < 1.29 is 31.1 Å². The van der Waals surface area contributed by atoms with Gasteiger partial charge >= 0.3 is 12.1 Å². The molecule has 0 saturated carbocycles. The first-order valence-electron chi connectivity index (χ1n) is 10.0. The Hall–Kier alpha value is -3.42. The van der Waals surface area contributed by atoms with Crippen LogP contribution in [-0.4, -0.2) is 36.5 Å². The first kappa shape index (κ1) is 24.7. The molecule has 7 nitrogen and oxygen atoms in total. The topological polar surface area (TPSA) is 77.1 Å². The van der Waals surface area contributed by atoms with Gasteiger partial charge in [-0.25, -0.2) is 13.9 Å². The molecule has 1 N–H and O–H groups in total. The van der Waals surface area contributed by atoms with Gasteiger partial charge in [-0.05, 0) is 53.2 Å². The molecule has 0 fully saturated rings. The first-order valence-corrected chi connectivity index (χ1v) is 10.8. The Kier molecular flexibility index (Phi) is 6.34. The van der Waals surface area contributed by atoms with Crippen molar-refractivity contribution in [1.82, 2.24) is 29.7 Å². The fourth-order valence-electron chi connectivity index (χ4n) is 3.31. The van der Waals surface area contributed by atoms with Crippen molar-refractivity contribution in [3.63, 3.8) is 0 Å². The normalized spacial score (nSPS) is 12.3. The summed E-state index contributed by atoms with van der Waals surface area (Å²) in [6.07, 6.45) is -4.41. The predicted octanol–water partition coefficient (Wildman–Crippen LogP) is 5.10. The van der Waals surface area contributed by atoms with Crippen LogP contribution < -0.4 is 5.32 Å². The third-order valence-corrected chi connectivity index (χ3v) is 5.75. The second kappa shape index (κ2) is 8.98. The van der Waals surface area contributed by atoms with Crippen molar-refractivity contribution >= 4 is 27.5 Å². The Balaban J connectivity index is 1.77. The zero-order chi connectivity index (χ0) is 25.5. The average molecular weight is 561 g/mol. The maximum atomic E-state index is 14.4. The molecule has 1 aromatic carbocycles. The number of amides is 1. The highest BCUT2D eigenvalue weighted by Crippen LogP contribution is 2.44. The van der Waals surface area contributed by atoms with Crippen molar-refractivity contribution in [2.45, 2.75) is 32.1 Å². The first-order chi connectivity index (χ1) is 16.4. The molecule has 35 heavy (non-hydrogen) atoms. The number of halogens is 7. The van der Waals surface area contributed by atoms with Crippen molar-refractivity contribution in [3.8, 4) is 11.3 Å². The number of nitrogens with one attached hydrogen (secondary N) is 1. The van der Waals surface area contributed by atoms with Gasteiger partial charge in [0.15, 0.2) is 11.3 Å². The Labute approximate surface area is 201 Å². The van der Waals surface area contributed by atoms with E-state index in [0.717, 1.165) is 18.2 Å². The Morgan fingerprint density at radius 1 is 1.11 bits per heavy atom. The molecule has 0 radical (unpaired) electrons. The Morgan fingerprint density at radius 3 is 2.43 bits per heavy atom. The number of carbonyl (C=O) groups excluding carboxylic acids is 1. The molecule has 3 aromatic heterocycles.